The average molecular weight is 324 g/mol. The summed E-state index contributed by atoms with van der Waals surface area (Å²) < 4.78 is 6.17. The van der Waals surface area contributed by atoms with Gasteiger partial charge in [0.15, 0.2) is 5.13 Å². The molecular weight excluding hydrogens is 308 g/mol. The number of nitrogens with one attached hydrogen (secondary N) is 1. The molecule has 1 amide bonds. The number of ether oxygens (including phenoxy) is 1. The Kier molecular flexibility index (Phi) is 4.39. The van der Waals surface area contributed by atoms with E-state index in [4.69, 9.17) is 4.74 Å². The normalized spacial score (nSPS) is 11.0. The van der Waals surface area contributed by atoms with Crippen molar-refractivity contribution in [1.82, 2.24) is 4.98 Å². The molecule has 4 nitrogen and oxygen atoms in total. The molecular formula is C18H16N2O2S. The van der Waals surface area contributed by atoms with Crippen LogP contribution in [-0.2, 0) is 4.79 Å². The minimum atomic E-state index is -0.198. The first-order chi connectivity index (χ1) is 11.1. The maximum Gasteiger partial charge on any atom is 0.250 e. The molecule has 0 aliphatic carbocycles. The van der Waals surface area contributed by atoms with Gasteiger partial charge in [-0.15, -0.1) is 0 Å². The zero-order valence-corrected chi connectivity index (χ0v) is 13.7. The highest BCUT2D eigenvalue weighted by Crippen LogP contribution is 2.26. The van der Waals surface area contributed by atoms with Gasteiger partial charge in [-0.1, -0.05) is 29.5 Å². The number of carbonyl (C=O) groups excluding carboxylic acids is 1. The molecule has 5 heteroatoms. The van der Waals surface area contributed by atoms with E-state index in [1.165, 1.54) is 23.0 Å². The van der Waals surface area contributed by atoms with Gasteiger partial charge in [0.05, 0.1) is 17.3 Å². The van der Waals surface area contributed by atoms with Crippen molar-refractivity contribution in [3.8, 4) is 5.75 Å². The standard InChI is InChI=1S/C18H16N2O2S/c1-12-3-9-15-16(11-12)23-18(19-15)20-17(21)10-6-13-4-7-14(22-2)8-5-13/h3-11H,1-2H3,(H,19,20,21). The monoisotopic (exact) mass is 324 g/mol. The van der Waals surface area contributed by atoms with Crippen LogP contribution in [0, 0.1) is 6.92 Å². The number of nitrogens with zero attached hydrogens (tertiary/aromatic N) is 1. The summed E-state index contributed by atoms with van der Waals surface area (Å²) in [5.41, 5.74) is 3.01. The summed E-state index contributed by atoms with van der Waals surface area (Å²) >= 11 is 1.47. The zero-order valence-electron chi connectivity index (χ0n) is 12.9. The summed E-state index contributed by atoms with van der Waals surface area (Å²) in [6, 6.07) is 13.5. The maximum absolute atomic E-state index is 12.0. The van der Waals surface area contributed by atoms with Gasteiger partial charge in [0.2, 0.25) is 5.91 Å². The lowest BCUT2D eigenvalue weighted by Crippen LogP contribution is -2.07. The van der Waals surface area contributed by atoms with Crippen molar-refractivity contribution >= 4 is 38.7 Å². The van der Waals surface area contributed by atoms with E-state index in [-0.39, 0.29) is 5.91 Å². The SMILES string of the molecule is COc1ccc(C=CC(=O)Nc2nc3ccc(C)cc3s2)cc1. The maximum atomic E-state index is 12.0. The molecule has 0 saturated heterocycles. The van der Waals surface area contributed by atoms with E-state index in [1.807, 2.05) is 43.3 Å². The number of methoxy groups -OCH3 is 1. The van der Waals surface area contributed by atoms with E-state index in [1.54, 1.807) is 13.2 Å². The minimum Gasteiger partial charge on any atom is -0.497 e. The molecule has 0 atom stereocenters. The first kappa shape index (κ1) is 15.2. The number of amides is 1. The van der Waals surface area contributed by atoms with Crippen molar-refractivity contribution in [2.24, 2.45) is 0 Å². The number of benzene rings is 2. The summed E-state index contributed by atoms with van der Waals surface area (Å²) in [5, 5.41) is 3.41. The lowest BCUT2D eigenvalue weighted by Gasteiger charge is -1.99. The van der Waals surface area contributed by atoms with E-state index < -0.39 is 0 Å². The Bertz CT molecular complexity index is 866. The molecule has 3 rings (SSSR count). The number of fused-ring (bicyclic) bond motifs is 1. The van der Waals surface area contributed by atoms with Crippen LogP contribution < -0.4 is 10.1 Å². The molecule has 0 fully saturated rings. The summed E-state index contributed by atoms with van der Waals surface area (Å²) in [4.78, 5) is 16.4. The van der Waals surface area contributed by atoms with Gasteiger partial charge in [-0.25, -0.2) is 4.98 Å². The fraction of sp³-hybridized carbons (Fsp3) is 0.111. The Hall–Kier alpha value is -2.66. The van der Waals surface area contributed by atoms with Crippen LogP contribution in [0.25, 0.3) is 16.3 Å². The topological polar surface area (TPSA) is 51.2 Å². The van der Waals surface area contributed by atoms with Gasteiger partial charge in [0.1, 0.15) is 5.75 Å². The number of thiazole rings is 1. The second-order valence-electron chi connectivity index (χ2n) is 5.09. The molecule has 0 aliphatic rings. The van der Waals surface area contributed by atoms with Crippen molar-refractivity contribution in [2.75, 3.05) is 12.4 Å². The van der Waals surface area contributed by atoms with E-state index in [9.17, 15) is 4.79 Å². The van der Waals surface area contributed by atoms with E-state index in [0.29, 0.717) is 5.13 Å². The molecule has 0 unspecified atom stereocenters. The zero-order chi connectivity index (χ0) is 16.2. The van der Waals surface area contributed by atoms with Gasteiger partial charge >= 0.3 is 0 Å². The Morgan fingerprint density at radius 2 is 2.00 bits per heavy atom. The highest BCUT2D eigenvalue weighted by Gasteiger charge is 2.05. The number of hydrogen-bond donors (Lipinski definition) is 1. The molecule has 0 saturated carbocycles. The lowest BCUT2D eigenvalue weighted by molar-refractivity contribution is -0.111. The van der Waals surface area contributed by atoms with Crippen molar-refractivity contribution in [3.05, 3.63) is 59.7 Å². The summed E-state index contributed by atoms with van der Waals surface area (Å²) in [7, 11) is 1.62. The molecule has 0 spiro atoms. The Labute approximate surface area is 138 Å². The van der Waals surface area contributed by atoms with Crippen LogP contribution in [0.5, 0.6) is 5.75 Å². The number of hydrogen-bond acceptors (Lipinski definition) is 4. The molecule has 1 aromatic heterocycles. The fourth-order valence-electron chi connectivity index (χ4n) is 2.12. The second kappa shape index (κ2) is 6.62. The van der Waals surface area contributed by atoms with Gasteiger partial charge in [0, 0.05) is 6.08 Å². The lowest BCUT2D eigenvalue weighted by atomic mass is 10.2. The van der Waals surface area contributed by atoms with Gasteiger partial charge in [-0.3, -0.25) is 10.1 Å². The number of aromatic nitrogens is 1. The van der Waals surface area contributed by atoms with E-state index in [2.05, 4.69) is 16.4 Å². The third kappa shape index (κ3) is 3.76. The summed E-state index contributed by atoms with van der Waals surface area (Å²) in [5.74, 6) is 0.591. The van der Waals surface area contributed by atoms with Crippen molar-refractivity contribution in [2.45, 2.75) is 6.92 Å². The molecule has 2 aromatic carbocycles. The molecule has 0 bridgehead atoms. The van der Waals surface area contributed by atoms with Crippen LogP contribution in [0.3, 0.4) is 0 Å². The van der Waals surface area contributed by atoms with Crippen LogP contribution in [0.4, 0.5) is 5.13 Å². The van der Waals surface area contributed by atoms with Crippen molar-refractivity contribution in [1.29, 1.82) is 0 Å². The molecule has 1 heterocycles. The van der Waals surface area contributed by atoms with E-state index >= 15 is 0 Å². The fourth-order valence-corrected chi connectivity index (χ4v) is 3.09. The molecule has 23 heavy (non-hydrogen) atoms. The third-order valence-corrected chi connectivity index (χ3v) is 4.25. The Balaban J connectivity index is 1.68. The van der Waals surface area contributed by atoms with E-state index in [0.717, 1.165) is 21.5 Å². The largest absolute Gasteiger partial charge is 0.497 e. The molecule has 116 valence electrons. The predicted molar refractivity (Wildman–Crippen MR) is 95.0 cm³/mol. The minimum absolute atomic E-state index is 0.198. The van der Waals surface area contributed by atoms with Gasteiger partial charge in [-0.05, 0) is 48.4 Å². The van der Waals surface area contributed by atoms with Crippen LogP contribution in [0.1, 0.15) is 11.1 Å². The number of rotatable bonds is 4. The smallest absolute Gasteiger partial charge is 0.250 e. The second-order valence-corrected chi connectivity index (χ2v) is 6.12. The van der Waals surface area contributed by atoms with Crippen LogP contribution >= 0.6 is 11.3 Å². The quantitative estimate of drug-likeness (QED) is 0.729. The summed E-state index contributed by atoms with van der Waals surface area (Å²) in [6.45, 7) is 2.04. The summed E-state index contributed by atoms with van der Waals surface area (Å²) in [6.07, 6.45) is 3.26. The number of aryl methyl sites for hydroxylation is 1. The van der Waals surface area contributed by atoms with Crippen molar-refractivity contribution in [3.63, 3.8) is 0 Å². The Morgan fingerprint density at radius 1 is 1.22 bits per heavy atom. The van der Waals surface area contributed by atoms with Gasteiger partial charge in [0.25, 0.3) is 0 Å². The molecule has 1 N–H and O–H groups in total. The van der Waals surface area contributed by atoms with Gasteiger partial charge in [-0.2, -0.15) is 0 Å². The molecule has 0 aliphatic heterocycles. The van der Waals surface area contributed by atoms with Gasteiger partial charge < -0.3 is 4.74 Å². The predicted octanol–water partition coefficient (Wildman–Crippen LogP) is 4.27. The number of anilines is 1. The van der Waals surface area contributed by atoms with Crippen molar-refractivity contribution < 1.29 is 9.53 Å². The third-order valence-electron chi connectivity index (χ3n) is 3.32. The number of carbonyl (C=O) groups is 1. The average Bonchev–Trinajstić information content (AvgIpc) is 2.94. The first-order valence-electron chi connectivity index (χ1n) is 7.14. The molecule has 3 aromatic rings. The van der Waals surface area contributed by atoms with Crippen LogP contribution in [-0.4, -0.2) is 18.0 Å². The highest BCUT2D eigenvalue weighted by molar-refractivity contribution is 7.22. The van der Waals surface area contributed by atoms with Crippen LogP contribution in [0.2, 0.25) is 0 Å². The molecule has 0 radical (unpaired) electrons. The Morgan fingerprint density at radius 3 is 2.74 bits per heavy atom. The first-order valence-corrected chi connectivity index (χ1v) is 7.96. The highest BCUT2D eigenvalue weighted by atomic mass is 32.1. The van der Waals surface area contributed by atoms with Crippen LogP contribution in [0.15, 0.2) is 48.5 Å².